The highest BCUT2D eigenvalue weighted by molar-refractivity contribution is 6.05. The Bertz CT molecular complexity index is 907. The van der Waals surface area contributed by atoms with Crippen LogP contribution in [-0.4, -0.2) is 17.4 Å². The van der Waals surface area contributed by atoms with Crippen LogP contribution in [0.15, 0.2) is 66.7 Å². The number of allylic oxidation sites excluding steroid dienone is 1. The van der Waals surface area contributed by atoms with Crippen molar-refractivity contribution in [1.82, 2.24) is 0 Å². The summed E-state index contributed by atoms with van der Waals surface area (Å²) in [4.78, 5) is 25.2. The van der Waals surface area contributed by atoms with Crippen molar-refractivity contribution in [3.05, 3.63) is 83.7 Å². The Kier molecular flexibility index (Phi) is 5.91. The largest absolute Gasteiger partial charge is 0.458 e. The Hall–Kier alpha value is -3.26. The van der Waals surface area contributed by atoms with Gasteiger partial charge in [0.05, 0.1) is 6.07 Å². The molecule has 2 aromatic rings. The van der Waals surface area contributed by atoms with Gasteiger partial charge in [0.2, 0.25) is 5.41 Å². The third-order valence-electron chi connectivity index (χ3n) is 3.74. The van der Waals surface area contributed by atoms with Gasteiger partial charge in [-0.2, -0.15) is 5.26 Å². The topological polar surface area (TPSA) is 67.2 Å². The van der Waals surface area contributed by atoms with Gasteiger partial charge in [-0.3, -0.25) is 4.79 Å². The predicted molar refractivity (Wildman–Crippen MR) is 99.4 cm³/mol. The third-order valence-corrected chi connectivity index (χ3v) is 3.74. The van der Waals surface area contributed by atoms with Crippen LogP contribution in [0.2, 0.25) is 0 Å². The molecule has 1 atom stereocenters. The number of hydrogen-bond donors (Lipinski definition) is 0. The zero-order valence-electron chi connectivity index (χ0n) is 15.4. The first-order chi connectivity index (χ1) is 12.7. The quantitative estimate of drug-likeness (QED) is 0.448. The molecule has 0 aliphatic rings. The molecular weight excluding hydrogens is 345 g/mol. The number of ketones is 1. The number of nitriles is 1. The minimum Gasteiger partial charge on any atom is -0.458 e. The first kappa shape index (κ1) is 20.1. The monoisotopic (exact) mass is 365 g/mol. The van der Waals surface area contributed by atoms with Crippen LogP contribution in [0.4, 0.5) is 4.39 Å². The lowest BCUT2D eigenvalue weighted by atomic mass is 9.80. The normalized spacial score (nSPS) is 13.6. The van der Waals surface area contributed by atoms with Crippen molar-refractivity contribution in [2.45, 2.75) is 31.8 Å². The molecule has 5 heteroatoms. The Morgan fingerprint density at radius 1 is 1.04 bits per heavy atom. The highest BCUT2D eigenvalue weighted by atomic mass is 19.1. The van der Waals surface area contributed by atoms with Gasteiger partial charge < -0.3 is 4.74 Å². The second-order valence-electron chi connectivity index (χ2n) is 6.97. The number of rotatable bonds is 5. The van der Waals surface area contributed by atoms with Crippen molar-refractivity contribution in [2.75, 3.05) is 0 Å². The van der Waals surface area contributed by atoms with E-state index in [1.165, 1.54) is 18.2 Å². The summed E-state index contributed by atoms with van der Waals surface area (Å²) in [5.41, 5.74) is -2.75. The molecule has 0 spiro atoms. The fraction of sp³-hybridized carbons (Fsp3) is 0.227. The lowest BCUT2D eigenvalue weighted by Gasteiger charge is -2.27. The third kappa shape index (κ3) is 4.68. The van der Waals surface area contributed by atoms with Crippen molar-refractivity contribution in [3.63, 3.8) is 0 Å². The molecule has 0 bridgehead atoms. The second-order valence-corrected chi connectivity index (χ2v) is 6.97. The highest BCUT2D eigenvalue weighted by Crippen LogP contribution is 2.31. The Labute approximate surface area is 157 Å². The molecule has 0 N–H and O–H groups in total. The number of carbonyl (C=O) groups excluding carboxylic acids is 2. The van der Waals surface area contributed by atoms with Gasteiger partial charge in [0.25, 0.3) is 0 Å². The van der Waals surface area contributed by atoms with E-state index in [1.54, 1.807) is 51.1 Å². The maximum Gasteiger partial charge on any atom is 0.335 e. The molecule has 2 rings (SSSR count). The summed E-state index contributed by atoms with van der Waals surface area (Å²) in [5, 5.41) is 9.83. The second kappa shape index (κ2) is 7.96. The number of ether oxygens (including phenoxy) is 1. The Morgan fingerprint density at radius 3 is 2.19 bits per heavy atom. The summed E-state index contributed by atoms with van der Waals surface area (Å²) < 4.78 is 19.8. The summed E-state index contributed by atoms with van der Waals surface area (Å²) >= 11 is 0. The summed E-state index contributed by atoms with van der Waals surface area (Å²) in [7, 11) is 0. The van der Waals surface area contributed by atoms with Crippen molar-refractivity contribution in [2.24, 2.45) is 0 Å². The lowest BCUT2D eigenvalue weighted by molar-refractivity contribution is -0.158. The summed E-state index contributed by atoms with van der Waals surface area (Å²) in [6.07, 6.45) is 2.21. The molecule has 27 heavy (non-hydrogen) atoms. The van der Waals surface area contributed by atoms with Gasteiger partial charge in [0, 0.05) is 11.1 Å². The Balaban J connectivity index is 2.54. The van der Waals surface area contributed by atoms with E-state index in [0.29, 0.717) is 5.56 Å². The van der Waals surface area contributed by atoms with E-state index in [9.17, 15) is 19.2 Å². The number of carbonyl (C=O) groups is 2. The van der Waals surface area contributed by atoms with Gasteiger partial charge >= 0.3 is 5.97 Å². The van der Waals surface area contributed by atoms with Gasteiger partial charge in [-0.1, -0.05) is 48.5 Å². The van der Waals surface area contributed by atoms with E-state index in [4.69, 9.17) is 4.74 Å². The number of benzene rings is 2. The highest BCUT2D eigenvalue weighted by Gasteiger charge is 2.44. The van der Waals surface area contributed by atoms with Crippen LogP contribution < -0.4 is 0 Å². The number of halogens is 1. The van der Waals surface area contributed by atoms with Crippen LogP contribution >= 0.6 is 0 Å². The first-order valence-corrected chi connectivity index (χ1v) is 8.38. The molecule has 0 saturated carbocycles. The van der Waals surface area contributed by atoms with Crippen molar-refractivity contribution >= 4 is 11.8 Å². The maximum atomic E-state index is 14.4. The van der Waals surface area contributed by atoms with E-state index in [1.807, 2.05) is 6.07 Å². The smallest absolute Gasteiger partial charge is 0.335 e. The molecule has 0 saturated heterocycles. The minimum atomic E-state index is -2.08. The summed E-state index contributed by atoms with van der Waals surface area (Å²) in [6, 6.07) is 15.7. The molecule has 0 heterocycles. The van der Waals surface area contributed by atoms with E-state index in [-0.39, 0.29) is 5.56 Å². The zero-order chi connectivity index (χ0) is 20.1. The van der Waals surface area contributed by atoms with Crippen LogP contribution in [0.25, 0.3) is 0 Å². The fourth-order valence-corrected chi connectivity index (χ4v) is 2.45. The zero-order valence-corrected chi connectivity index (χ0v) is 15.4. The number of esters is 1. The summed E-state index contributed by atoms with van der Waals surface area (Å²) in [6.45, 7) is 4.94. The van der Waals surface area contributed by atoms with Gasteiger partial charge in [-0.25, -0.2) is 9.18 Å². The average Bonchev–Trinajstić information content (AvgIpc) is 2.63. The van der Waals surface area contributed by atoms with Crippen LogP contribution in [0.5, 0.6) is 0 Å². The van der Waals surface area contributed by atoms with Gasteiger partial charge in [0.1, 0.15) is 11.4 Å². The maximum absolute atomic E-state index is 14.4. The van der Waals surface area contributed by atoms with Gasteiger partial charge in [-0.15, -0.1) is 0 Å². The molecule has 0 fully saturated rings. The molecule has 0 aliphatic heterocycles. The molecule has 0 aliphatic carbocycles. The molecule has 4 nitrogen and oxygen atoms in total. The SMILES string of the molecule is CC(C)(C)OC(=O)[C@](C#N)(/C=C\C(=O)c1ccccc1)c1ccccc1F. The van der Waals surface area contributed by atoms with Crippen LogP contribution in [0.3, 0.4) is 0 Å². The van der Waals surface area contributed by atoms with E-state index >= 15 is 0 Å². The average molecular weight is 365 g/mol. The van der Waals surface area contributed by atoms with Gasteiger partial charge in [0.15, 0.2) is 5.78 Å². The summed E-state index contributed by atoms with van der Waals surface area (Å²) in [5.74, 6) is -2.09. The van der Waals surface area contributed by atoms with Crippen LogP contribution in [0.1, 0.15) is 36.7 Å². The van der Waals surface area contributed by atoms with Crippen LogP contribution in [0, 0.1) is 17.1 Å². The van der Waals surface area contributed by atoms with Crippen molar-refractivity contribution in [3.8, 4) is 6.07 Å². The standard InChI is InChI=1S/C22H20FNO3/c1-21(2,3)27-20(26)22(15-24,17-11-7-8-12-18(17)23)14-13-19(25)16-9-5-4-6-10-16/h4-14H,1-3H3/b14-13-/t22-/m0/s1. The molecule has 0 amide bonds. The first-order valence-electron chi connectivity index (χ1n) is 8.38. The van der Waals surface area contributed by atoms with E-state index in [0.717, 1.165) is 18.2 Å². The predicted octanol–water partition coefficient (Wildman–Crippen LogP) is 4.37. The van der Waals surface area contributed by atoms with E-state index in [2.05, 4.69) is 0 Å². The molecule has 0 unspecified atom stereocenters. The fourth-order valence-electron chi connectivity index (χ4n) is 2.45. The van der Waals surface area contributed by atoms with Crippen molar-refractivity contribution in [1.29, 1.82) is 5.26 Å². The number of nitrogens with zero attached hydrogens (tertiary/aromatic N) is 1. The molecule has 138 valence electrons. The van der Waals surface area contributed by atoms with Crippen LogP contribution in [-0.2, 0) is 14.9 Å². The Morgan fingerprint density at radius 2 is 1.63 bits per heavy atom. The number of hydrogen-bond acceptors (Lipinski definition) is 4. The van der Waals surface area contributed by atoms with E-state index < -0.39 is 28.6 Å². The molecule has 0 aromatic heterocycles. The minimum absolute atomic E-state index is 0.168. The molecule has 0 radical (unpaired) electrons. The molecule has 2 aromatic carbocycles. The molecular formula is C22H20FNO3. The van der Waals surface area contributed by atoms with Crippen molar-refractivity contribution < 1.29 is 18.7 Å². The lowest BCUT2D eigenvalue weighted by Crippen LogP contribution is -2.39. The van der Waals surface area contributed by atoms with Gasteiger partial charge in [-0.05, 0) is 39.0 Å².